The molecule has 0 heterocycles. The van der Waals surface area contributed by atoms with Crippen LogP contribution in [0.25, 0.3) is 5.70 Å². The van der Waals surface area contributed by atoms with Crippen molar-refractivity contribution in [2.75, 3.05) is 0 Å². The van der Waals surface area contributed by atoms with Gasteiger partial charge in [0, 0.05) is 18.2 Å². The Kier molecular flexibility index (Phi) is 6.44. The lowest BCUT2D eigenvalue weighted by molar-refractivity contribution is 0.0693. The second kappa shape index (κ2) is 8.10. The fraction of sp³-hybridized carbons (Fsp3) is 0.333. The Hall–Kier alpha value is -2.16. The summed E-state index contributed by atoms with van der Waals surface area (Å²) in [6.45, 7) is 3.61. The van der Waals surface area contributed by atoms with E-state index in [1.54, 1.807) is 19.9 Å². The molecular formula is C18H21NO. The van der Waals surface area contributed by atoms with Crippen molar-refractivity contribution in [2.24, 2.45) is 5.73 Å². The van der Waals surface area contributed by atoms with Gasteiger partial charge >= 0.3 is 0 Å². The summed E-state index contributed by atoms with van der Waals surface area (Å²) in [6.07, 6.45) is 4.04. The van der Waals surface area contributed by atoms with Gasteiger partial charge in [0.25, 0.3) is 0 Å². The topological polar surface area (TPSA) is 46.2 Å². The van der Waals surface area contributed by atoms with E-state index in [4.69, 9.17) is 5.73 Å². The van der Waals surface area contributed by atoms with Crippen molar-refractivity contribution >= 4 is 5.70 Å². The van der Waals surface area contributed by atoms with E-state index in [-0.39, 0.29) is 0 Å². The van der Waals surface area contributed by atoms with Gasteiger partial charge in [0.1, 0.15) is 0 Å². The zero-order valence-electron chi connectivity index (χ0n) is 12.1. The van der Waals surface area contributed by atoms with Crippen LogP contribution in [0.1, 0.15) is 38.7 Å². The van der Waals surface area contributed by atoms with Crippen LogP contribution in [-0.2, 0) is 0 Å². The zero-order chi connectivity index (χ0) is 14.8. The maximum Gasteiger partial charge on any atom is 0.0592 e. The van der Waals surface area contributed by atoms with Crippen LogP contribution in [-0.4, -0.2) is 10.7 Å². The molecule has 0 aromatic heterocycles. The third-order valence-corrected chi connectivity index (χ3v) is 2.65. The summed E-state index contributed by atoms with van der Waals surface area (Å²) in [6, 6.07) is 9.70. The first-order valence-electron chi connectivity index (χ1n) is 6.71. The Bertz CT molecular complexity index is 557. The molecule has 0 aliphatic rings. The number of nitrogens with two attached hydrogens (primary N) is 1. The van der Waals surface area contributed by atoms with Crippen molar-refractivity contribution < 1.29 is 5.11 Å². The third-order valence-electron chi connectivity index (χ3n) is 2.65. The van der Waals surface area contributed by atoms with Crippen LogP contribution >= 0.6 is 0 Å². The minimum atomic E-state index is -0.611. The number of benzene rings is 1. The van der Waals surface area contributed by atoms with Crippen LogP contribution < -0.4 is 5.73 Å². The Morgan fingerprint density at radius 1 is 1.25 bits per heavy atom. The standard InChI is InChI=1S/C18H21NO/c1-18(2,20)15-11-6-4-3-5-10-14-17(19)16-12-8-7-9-13-16/h7-9,12-14,20H,6,11,15,19H2,1-2H3. The summed E-state index contributed by atoms with van der Waals surface area (Å²) in [5.74, 6) is 11.3. The van der Waals surface area contributed by atoms with Crippen molar-refractivity contribution in [1.82, 2.24) is 0 Å². The number of rotatable bonds is 4. The van der Waals surface area contributed by atoms with Gasteiger partial charge in [0.15, 0.2) is 0 Å². The minimum Gasteiger partial charge on any atom is -0.398 e. The van der Waals surface area contributed by atoms with Gasteiger partial charge in [-0.05, 0) is 44.1 Å². The number of hydrogen-bond donors (Lipinski definition) is 2. The highest BCUT2D eigenvalue weighted by atomic mass is 16.3. The predicted octanol–water partition coefficient (Wildman–Crippen LogP) is 2.93. The average molecular weight is 267 g/mol. The summed E-state index contributed by atoms with van der Waals surface area (Å²) < 4.78 is 0. The highest BCUT2D eigenvalue weighted by Gasteiger charge is 2.10. The van der Waals surface area contributed by atoms with E-state index in [0.717, 1.165) is 24.8 Å². The maximum absolute atomic E-state index is 9.53. The van der Waals surface area contributed by atoms with E-state index < -0.39 is 5.60 Å². The lowest BCUT2D eigenvalue weighted by Crippen LogP contribution is -2.17. The van der Waals surface area contributed by atoms with Crippen LogP contribution in [0.5, 0.6) is 0 Å². The monoisotopic (exact) mass is 267 g/mol. The van der Waals surface area contributed by atoms with E-state index in [1.165, 1.54) is 0 Å². The molecule has 0 saturated carbocycles. The largest absolute Gasteiger partial charge is 0.398 e. The third kappa shape index (κ3) is 7.31. The summed E-state index contributed by atoms with van der Waals surface area (Å²) in [7, 11) is 0. The average Bonchev–Trinajstić information content (AvgIpc) is 2.41. The molecule has 2 nitrogen and oxygen atoms in total. The van der Waals surface area contributed by atoms with E-state index in [0.29, 0.717) is 5.70 Å². The molecule has 0 amide bonds. The highest BCUT2D eigenvalue weighted by molar-refractivity contribution is 5.65. The molecule has 0 atom stereocenters. The quantitative estimate of drug-likeness (QED) is 0.651. The van der Waals surface area contributed by atoms with E-state index in [2.05, 4.69) is 23.7 Å². The molecule has 0 radical (unpaired) electrons. The maximum atomic E-state index is 9.53. The number of allylic oxidation sites excluding steroid dienone is 1. The first kappa shape index (κ1) is 15.9. The van der Waals surface area contributed by atoms with Crippen LogP contribution in [0.15, 0.2) is 36.4 Å². The molecule has 0 aliphatic carbocycles. The lowest BCUT2D eigenvalue weighted by atomic mass is 10.0. The van der Waals surface area contributed by atoms with Crippen molar-refractivity contribution in [3.63, 3.8) is 0 Å². The molecule has 1 aromatic rings. The minimum absolute atomic E-state index is 0.611. The van der Waals surface area contributed by atoms with Gasteiger partial charge < -0.3 is 10.8 Å². The molecule has 0 unspecified atom stereocenters. The Morgan fingerprint density at radius 3 is 2.60 bits per heavy atom. The normalized spacial score (nSPS) is 11.1. The molecule has 2 heteroatoms. The molecule has 0 fully saturated rings. The Balaban J connectivity index is 2.40. The molecule has 20 heavy (non-hydrogen) atoms. The zero-order valence-corrected chi connectivity index (χ0v) is 12.1. The van der Waals surface area contributed by atoms with E-state index in [1.807, 2.05) is 30.3 Å². The SMILES string of the molecule is CC(C)(O)CCCC#CC#CC=C(N)c1ccccc1. The highest BCUT2D eigenvalue weighted by Crippen LogP contribution is 2.11. The van der Waals surface area contributed by atoms with Gasteiger partial charge in [-0.1, -0.05) is 42.2 Å². The van der Waals surface area contributed by atoms with Crippen molar-refractivity contribution in [3.05, 3.63) is 42.0 Å². The molecule has 3 N–H and O–H groups in total. The first-order valence-corrected chi connectivity index (χ1v) is 6.71. The van der Waals surface area contributed by atoms with Gasteiger partial charge in [0.05, 0.1) is 5.60 Å². The molecule has 0 spiro atoms. The van der Waals surface area contributed by atoms with Gasteiger partial charge in [-0.2, -0.15) is 0 Å². The molecule has 104 valence electrons. The van der Waals surface area contributed by atoms with Crippen LogP contribution in [0.2, 0.25) is 0 Å². The predicted molar refractivity (Wildman–Crippen MR) is 84.3 cm³/mol. The van der Waals surface area contributed by atoms with Gasteiger partial charge in [-0.25, -0.2) is 0 Å². The van der Waals surface area contributed by atoms with Crippen molar-refractivity contribution in [2.45, 2.75) is 38.7 Å². The molecule has 0 saturated heterocycles. The van der Waals surface area contributed by atoms with Crippen LogP contribution in [0.3, 0.4) is 0 Å². The summed E-state index contributed by atoms with van der Waals surface area (Å²) in [5.41, 5.74) is 6.88. The summed E-state index contributed by atoms with van der Waals surface area (Å²) >= 11 is 0. The van der Waals surface area contributed by atoms with Crippen LogP contribution in [0.4, 0.5) is 0 Å². The lowest BCUT2D eigenvalue weighted by Gasteiger charge is -2.15. The fourth-order valence-corrected chi connectivity index (χ4v) is 1.58. The molecule has 0 aliphatic heterocycles. The summed E-state index contributed by atoms with van der Waals surface area (Å²) in [4.78, 5) is 0. The second-order valence-electron chi connectivity index (χ2n) is 5.20. The first-order chi connectivity index (χ1) is 9.49. The molecule has 1 aromatic carbocycles. The van der Waals surface area contributed by atoms with Gasteiger partial charge in [-0.3, -0.25) is 0 Å². The number of hydrogen-bond acceptors (Lipinski definition) is 2. The number of unbranched alkanes of at least 4 members (excludes halogenated alkanes) is 1. The molecule has 0 bridgehead atoms. The van der Waals surface area contributed by atoms with Crippen molar-refractivity contribution in [1.29, 1.82) is 0 Å². The molecular weight excluding hydrogens is 246 g/mol. The Morgan fingerprint density at radius 2 is 1.95 bits per heavy atom. The van der Waals surface area contributed by atoms with E-state index >= 15 is 0 Å². The fourth-order valence-electron chi connectivity index (χ4n) is 1.58. The van der Waals surface area contributed by atoms with Gasteiger partial charge in [0.2, 0.25) is 0 Å². The number of aliphatic hydroxyl groups is 1. The summed E-state index contributed by atoms with van der Waals surface area (Å²) in [5, 5.41) is 9.53. The van der Waals surface area contributed by atoms with Gasteiger partial charge in [-0.15, -0.1) is 0 Å². The second-order valence-corrected chi connectivity index (χ2v) is 5.20. The molecule has 1 rings (SSSR count). The van der Waals surface area contributed by atoms with Crippen molar-refractivity contribution in [3.8, 4) is 23.7 Å². The van der Waals surface area contributed by atoms with Crippen LogP contribution in [0, 0.1) is 23.7 Å². The Labute approximate surface area is 121 Å². The smallest absolute Gasteiger partial charge is 0.0592 e. The van der Waals surface area contributed by atoms with E-state index in [9.17, 15) is 5.11 Å².